The molecule has 2 N–H and O–H groups in total. The van der Waals surface area contributed by atoms with Gasteiger partial charge in [0.25, 0.3) is 12.3 Å². The van der Waals surface area contributed by atoms with Crippen LogP contribution in [-0.2, 0) is 0 Å². The summed E-state index contributed by atoms with van der Waals surface area (Å²) in [4.78, 5) is 14.2. The van der Waals surface area contributed by atoms with E-state index >= 15 is 0 Å². The predicted octanol–water partition coefficient (Wildman–Crippen LogP) is 1.75. The van der Waals surface area contributed by atoms with Crippen LogP contribution in [0.25, 0.3) is 0 Å². The number of nitrogens with two attached hydrogens (primary N) is 1. The SMILES string of the molecule is N#Cc1c(Br)cc(C(F)F)nc1C(N)=O. The lowest BCUT2D eigenvalue weighted by atomic mass is 10.2. The first kappa shape index (κ1) is 11.5. The molecule has 4 nitrogen and oxygen atoms in total. The van der Waals surface area contributed by atoms with Crippen molar-refractivity contribution in [3.05, 3.63) is 27.5 Å². The van der Waals surface area contributed by atoms with Gasteiger partial charge in [0, 0.05) is 4.47 Å². The van der Waals surface area contributed by atoms with Crippen molar-refractivity contribution in [2.24, 2.45) is 5.73 Å². The molecule has 0 aliphatic rings. The normalized spacial score (nSPS) is 10.1. The molecule has 1 aromatic rings. The van der Waals surface area contributed by atoms with Crippen LogP contribution in [0.4, 0.5) is 8.78 Å². The number of carbonyl (C=O) groups excluding carboxylic acids is 1. The summed E-state index contributed by atoms with van der Waals surface area (Å²) in [5.74, 6) is -1.02. The van der Waals surface area contributed by atoms with Crippen LogP contribution in [0.2, 0.25) is 0 Å². The fourth-order valence-electron chi connectivity index (χ4n) is 0.929. The fraction of sp³-hybridized carbons (Fsp3) is 0.125. The second-order valence-electron chi connectivity index (χ2n) is 2.53. The van der Waals surface area contributed by atoms with Crippen LogP contribution in [0, 0.1) is 11.3 Å². The Balaban J connectivity index is 3.47. The molecule has 0 aromatic carbocycles. The van der Waals surface area contributed by atoms with E-state index in [0.29, 0.717) is 0 Å². The van der Waals surface area contributed by atoms with Crippen molar-refractivity contribution in [1.29, 1.82) is 5.26 Å². The summed E-state index contributed by atoms with van der Waals surface area (Å²) in [6, 6.07) is 2.64. The third kappa shape index (κ3) is 2.27. The molecule has 15 heavy (non-hydrogen) atoms. The number of alkyl halides is 2. The molecule has 0 aliphatic heterocycles. The van der Waals surface area contributed by atoms with Gasteiger partial charge in [0.05, 0.1) is 5.56 Å². The molecule has 0 fully saturated rings. The van der Waals surface area contributed by atoms with Gasteiger partial charge in [0.1, 0.15) is 17.5 Å². The van der Waals surface area contributed by atoms with E-state index in [1.165, 1.54) is 0 Å². The van der Waals surface area contributed by atoms with Crippen molar-refractivity contribution in [2.45, 2.75) is 6.43 Å². The van der Waals surface area contributed by atoms with Crippen molar-refractivity contribution in [3.63, 3.8) is 0 Å². The maximum absolute atomic E-state index is 12.3. The minimum absolute atomic E-state index is 0.0732. The van der Waals surface area contributed by atoms with Crippen LogP contribution in [0.15, 0.2) is 10.5 Å². The molecule has 1 heterocycles. The molecule has 1 aromatic heterocycles. The van der Waals surface area contributed by atoms with E-state index in [4.69, 9.17) is 11.0 Å². The third-order valence-electron chi connectivity index (χ3n) is 1.56. The number of primary amides is 1. The standard InChI is InChI=1S/C8H4BrF2N3O/c9-4-1-5(7(10)11)14-6(8(13)15)3(4)2-12/h1,7H,(H2,13,15). The minimum Gasteiger partial charge on any atom is -0.364 e. The summed E-state index contributed by atoms with van der Waals surface area (Å²) in [6.45, 7) is 0. The maximum Gasteiger partial charge on any atom is 0.280 e. The molecular formula is C8H4BrF2N3O. The van der Waals surface area contributed by atoms with Crippen molar-refractivity contribution in [1.82, 2.24) is 4.98 Å². The Hall–Kier alpha value is -1.55. The second-order valence-corrected chi connectivity index (χ2v) is 3.38. The molecule has 7 heteroatoms. The van der Waals surface area contributed by atoms with Gasteiger partial charge in [-0.05, 0) is 22.0 Å². The Bertz CT molecular complexity index is 456. The molecule has 0 aliphatic carbocycles. The molecule has 0 saturated heterocycles. The Morgan fingerprint density at radius 1 is 1.67 bits per heavy atom. The van der Waals surface area contributed by atoms with Crippen LogP contribution >= 0.6 is 15.9 Å². The summed E-state index contributed by atoms with van der Waals surface area (Å²) in [6.07, 6.45) is -2.83. The highest BCUT2D eigenvalue weighted by Gasteiger charge is 2.19. The van der Waals surface area contributed by atoms with Crippen LogP contribution < -0.4 is 5.73 Å². The first-order valence-electron chi connectivity index (χ1n) is 3.66. The molecule has 0 radical (unpaired) electrons. The van der Waals surface area contributed by atoms with Gasteiger partial charge in [0.2, 0.25) is 0 Å². The number of carbonyl (C=O) groups is 1. The number of pyridine rings is 1. The zero-order valence-electron chi connectivity index (χ0n) is 7.17. The minimum atomic E-state index is -2.83. The molecule has 1 amide bonds. The van der Waals surface area contributed by atoms with Gasteiger partial charge in [0.15, 0.2) is 0 Å². The summed E-state index contributed by atoms with van der Waals surface area (Å²) in [7, 11) is 0. The molecule has 0 atom stereocenters. The van der Waals surface area contributed by atoms with Crippen molar-refractivity contribution in [3.8, 4) is 6.07 Å². The predicted molar refractivity (Wildman–Crippen MR) is 50.1 cm³/mol. The van der Waals surface area contributed by atoms with E-state index in [9.17, 15) is 13.6 Å². The summed E-state index contributed by atoms with van der Waals surface area (Å²) >= 11 is 2.89. The first-order chi connectivity index (χ1) is 6.97. The first-order valence-corrected chi connectivity index (χ1v) is 4.45. The van der Waals surface area contributed by atoms with E-state index in [0.717, 1.165) is 6.07 Å². The molecule has 0 saturated carbocycles. The van der Waals surface area contributed by atoms with Gasteiger partial charge in [-0.1, -0.05) is 0 Å². The number of aromatic nitrogens is 1. The molecular weight excluding hydrogens is 272 g/mol. The number of hydrogen-bond donors (Lipinski definition) is 1. The lowest BCUT2D eigenvalue weighted by Gasteiger charge is -2.05. The zero-order chi connectivity index (χ0) is 11.6. The van der Waals surface area contributed by atoms with E-state index in [-0.39, 0.29) is 10.0 Å². The number of rotatable bonds is 2. The molecule has 0 spiro atoms. The Morgan fingerprint density at radius 3 is 2.67 bits per heavy atom. The quantitative estimate of drug-likeness (QED) is 0.893. The largest absolute Gasteiger partial charge is 0.364 e. The van der Waals surface area contributed by atoms with E-state index in [1.807, 2.05) is 0 Å². The Morgan fingerprint density at radius 2 is 2.27 bits per heavy atom. The summed E-state index contributed by atoms with van der Waals surface area (Å²) in [5, 5.41) is 8.66. The van der Waals surface area contributed by atoms with Crippen LogP contribution in [0.3, 0.4) is 0 Å². The summed E-state index contributed by atoms with van der Waals surface area (Å²) < 4.78 is 24.7. The molecule has 0 bridgehead atoms. The highest BCUT2D eigenvalue weighted by Crippen LogP contribution is 2.25. The van der Waals surface area contributed by atoms with Crippen LogP contribution in [-0.4, -0.2) is 10.9 Å². The number of nitrogens with zero attached hydrogens (tertiary/aromatic N) is 2. The number of amides is 1. The number of nitriles is 1. The topological polar surface area (TPSA) is 79.8 Å². The van der Waals surface area contributed by atoms with Crippen molar-refractivity contribution < 1.29 is 13.6 Å². The van der Waals surface area contributed by atoms with Gasteiger partial charge in [-0.15, -0.1) is 0 Å². The Labute approximate surface area is 91.8 Å². The highest BCUT2D eigenvalue weighted by atomic mass is 79.9. The Kier molecular flexibility index (Phi) is 3.31. The van der Waals surface area contributed by atoms with Gasteiger partial charge in [-0.25, -0.2) is 13.8 Å². The number of hydrogen-bond acceptors (Lipinski definition) is 3. The molecule has 78 valence electrons. The van der Waals surface area contributed by atoms with E-state index in [2.05, 4.69) is 20.9 Å². The lowest BCUT2D eigenvalue weighted by Crippen LogP contribution is -2.16. The van der Waals surface area contributed by atoms with Crippen LogP contribution in [0.1, 0.15) is 28.2 Å². The second kappa shape index (κ2) is 4.31. The third-order valence-corrected chi connectivity index (χ3v) is 2.19. The lowest BCUT2D eigenvalue weighted by molar-refractivity contribution is 0.0993. The average Bonchev–Trinajstić information content (AvgIpc) is 2.16. The summed E-state index contributed by atoms with van der Waals surface area (Å²) in [5.41, 5.74) is 3.70. The van der Waals surface area contributed by atoms with E-state index in [1.54, 1.807) is 6.07 Å². The fourth-order valence-corrected chi connectivity index (χ4v) is 1.44. The van der Waals surface area contributed by atoms with Gasteiger partial charge in [-0.3, -0.25) is 4.79 Å². The van der Waals surface area contributed by atoms with Crippen molar-refractivity contribution >= 4 is 21.8 Å². The van der Waals surface area contributed by atoms with Gasteiger partial charge < -0.3 is 5.73 Å². The number of halogens is 3. The maximum atomic E-state index is 12.3. The highest BCUT2D eigenvalue weighted by molar-refractivity contribution is 9.10. The molecule has 1 rings (SSSR count). The van der Waals surface area contributed by atoms with Gasteiger partial charge >= 0.3 is 0 Å². The van der Waals surface area contributed by atoms with Crippen molar-refractivity contribution in [2.75, 3.05) is 0 Å². The monoisotopic (exact) mass is 275 g/mol. The van der Waals surface area contributed by atoms with Crippen LogP contribution in [0.5, 0.6) is 0 Å². The van der Waals surface area contributed by atoms with E-state index < -0.39 is 23.7 Å². The molecule has 0 unspecified atom stereocenters. The average molecular weight is 276 g/mol. The van der Waals surface area contributed by atoms with Gasteiger partial charge in [-0.2, -0.15) is 5.26 Å². The smallest absolute Gasteiger partial charge is 0.280 e. The zero-order valence-corrected chi connectivity index (χ0v) is 8.75.